The van der Waals surface area contributed by atoms with Crippen molar-refractivity contribution in [1.82, 2.24) is 10.2 Å². The fourth-order valence-corrected chi connectivity index (χ4v) is 5.99. The molecular formula is C14H20N2O3S2. The Bertz CT molecular complexity index is 457. The molecule has 1 spiro atoms. The van der Waals surface area contributed by atoms with Gasteiger partial charge in [-0.05, 0) is 12.8 Å². The monoisotopic (exact) mass is 328 g/mol. The summed E-state index contributed by atoms with van der Waals surface area (Å²) in [5.41, 5.74) is -0.974. The number of thioether (sulfide) groups is 2. The lowest BCUT2D eigenvalue weighted by Crippen LogP contribution is -2.65. The summed E-state index contributed by atoms with van der Waals surface area (Å²) in [6.07, 6.45) is 3.98. The van der Waals surface area contributed by atoms with Crippen molar-refractivity contribution in [3.8, 4) is 0 Å². The van der Waals surface area contributed by atoms with Crippen LogP contribution in [0.25, 0.3) is 0 Å². The second kappa shape index (κ2) is 6.20. The van der Waals surface area contributed by atoms with Crippen LogP contribution in [-0.2, 0) is 9.59 Å². The van der Waals surface area contributed by atoms with Gasteiger partial charge >= 0.3 is 6.03 Å². The van der Waals surface area contributed by atoms with Gasteiger partial charge in [-0.3, -0.25) is 19.8 Å². The van der Waals surface area contributed by atoms with Crippen LogP contribution in [0.3, 0.4) is 0 Å². The molecule has 0 aromatic rings. The van der Waals surface area contributed by atoms with Gasteiger partial charge in [-0.25, -0.2) is 4.79 Å². The molecule has 1 saturated carbocycles. The summed E-state index contributed by atoms with van der Waals surface area (Å²) in [6, 6.07) is -0.530. The van der Waals surface area contributed by atoms with Gasteiger partial charge in [0.15, 0.2) is 0 Å². The zero-order valence-corrected chi connectivity index (χ0v) is 13.6. The molecule has 4 amide bonds. The molecule has 2 saturated heterocycles. The zero-order valence-electron chi connectivity index (χ0n) is 11.9. The molecule has 1 aliphatic carbocycles. The van der Waals surface area contributed by atoms with Gasteiger partial charge in [0.25, 0.3) is 0 Å². The Kier molecular flexibility index (Phi) is 4.49. The molecule has 116 valence electrons. The molecule has 0 aromatic heterocycles. The lowest BCUT2D eigenvalue weighted by Gasteiger charge is -2.42. The average Bonchev–Trinajstić information content (AvgIpc) is 2.52. The number of hydrogen-bond donors (Lipinski definition) is 1. The van der Waals surface area contributed by atoms with Gasteiger partial charge in [0, 0.05) is 29.1 Å². The molecule has 2 aliphatic heterocycles. The van der Waals surface area contributed by atoms with E-state index in [2.05, 4.69) is 5.32 Å². The Hall–Kier alpha value is -0.690. The number of imide groups is 2. The molecule has 0 aromatic carbocycles. The van der Waals surface area contributed by atoms with Crippen molar-refractivity contribution in [2.75, 3.05) is 23.8 Å². The summed E-state index contributed by atoms with van der Waals surface area (Å²) in [4.78, 5) is 38.4. The van der Waals surface area contributed by atoms with E-state index in [1.54, 1.807) is 0 Å². The van der Waals surface area contributed by atoms with Gasteiger partial charge in [-0.2, -0.15) is 23.5 Å². The summed E-state index contributed by atoms with van der Waals surface area (Å²) in [5.74, 6) is 2.52. The smallest absolute Gasteiger partial charge is 0.277 e. The van der Waals surface area contributed by atoms with E-state index in [-0.39, 0.29) is 17.1 Å². The van der Waals surface area contributed by atoms with Gasteiger partial charge in [0.05, 0.1) is 0 Å². The second-order valence-electron chi connectivity index (χ2n) is 5.89. The highest BCUT2D eigenvalue weighted by molar-refractivity contribution is 8.06. The highest BCUT2D eigenvalue weighted by Gasteiger charge is 2.54. The first-order chi connectivity index (χ1) is 10.1. The Labute approximate surface area is 133 Å². The molecule has 1 atom stereocenters. The second-order valence-corrected chi connectivity index (χ2v) is 8.44. The third kappa shape index (κ3) is 2.82. The Morgan fingerprint density at radius 1 is 1.14 bits per heavy atom. The Balaban J connectivity index is 1.77. The highest BCUT2D eigenvalue weighted by Crippen LogP contribution is 2.40. The predicted molar refractivity (Wildman–Crippen MR) is 84.3 cm³/mol. The fourth-order valence-electron chi connectivity index (χ4n) is 3.34. The third-order valence-electron chi connectivity index (χ3n) is 4.53. The zero-order chi connectivity index (χ0) is 14.9. The van der Waals surface area contributed by atoms with E-state index in [4.69, 9.17) is 0 Å². The van der Waals surface area contributed by atoms with Crippen molar-refractivity contribution >= 4 is 41.4 Å². The number of carbonyl (C=O) groups excluding carboxylic acids is 3. The van der Waals surface area contributed by atoms with Crippen molar-refractivity contribution in [1.29, 1.82) is 0 Å². The number of barbiturate groups is 1. The minimum absolute atomic E-state index is 0.257. The largest absolute Gasteiger partial charge is 0.330 e. The van der Waals surface area contributed by atoms with Gasteiger partial charge in [-0.15, -0.1) is 0 Å². The molecule has 1 unspecified atom stereocenters. The lowest BCUT2D eigenvalue weighted by molar-refractivity contribution is -0.153. The molecule has 21 heavy (non-hydrogen) atoms. The van der Waals surface area contributed by atoms with Crippen molar-refractivity contribution in [2.24, 2.45) is 5.41 Å². The Morgan fingerprint density at radius 3 is 2.57 bits per heavy atom. The van der Waals surface area contributed by atoms with E-state index in [1.165, 1.54) is 4.90 Å². The maximum Gasteiger partial charge on any atom is 0.330 e. The first kappa shape index (κ1) is 15.2. The van der Waals surface area contributed by atoms with Crippen LogP contribution in [0.4, 0.5) is 4.79 Å². The van der Waals surface area contributed by atoms with E-state index in [0.717, 1.165) is 36.5 Å². The minimum atomic E-state index is -0.974. The highest BCUT2D eigenvalue weighted by atomic mass is 32.2. The van der Waals surface area contributed by atoms with Crippen LogP contribution in [0, 0.1) is 5.41 Å². The average molecular weight is 328 g/mol. The molecule has 7 heteroatoms. The molecule has 2 heterocycles. The number of urea groups is 1. The number of amides is 4. The van der Waals surface area contributed by atoms with E-state index < -0.39 is 11.4 Å². The van der Waals surface area contributed by atoms with Crippen LogP contribution in [-0.4, -0.2) is 51.8 Å². The van der Waals surface area contributed by atoms with E-state index >= 15 is 0 Å². The van der Waals surface area contributed by atoms with Crippen molar-refractivity contribution in [2.45, 2.75) is 37.4 Å². The number of nitrogens with zero attached hydrogens (tertiary/aromatic N) is 1. The SMILES string of the molecule is O=C1NC(=O)C2(CCCCC2)C(=O)N1CC1CSCCS1. The Morgan fingerprint density at radius 2 is 1.90 bits per heavy atom. The lowest BCUT2D eigenvalue weighted by atomic mass is 9.71. The van der Waals surface area contributed by atoms with Crippen LogP contribution in [0.5, 0.6) is 0 Å². The number of hydrogen-bond acceptors (Lipinski definition) is 5. The normalized spacial score (nSPS) is 29.6. The van der Waals surface area contributed by atoms with Crippen molar-refractivity contribution in [3.63, 3.8) is 0 Å². The molecule has 0 bridgehead atoms. The predicted octanol–water partition coefficient (Wildman–Crippen LogP) is 1.86. The molecular weight excluding hydrogens is 308 g/mol. The third-order valence-corrected chi connectivity index (χ3v) is 7.36. The summed E-state index contributed by atoms with van der Waals surface area (Å²) in [5, 5.41) is 2.71. The quantitative estimate of drug-likeness (QED) is 0.784. The van der Waals surface area contributed by atoms with Crippen LogP contribution >= 0.6 is 23.5 Å². The molecule has 3 rings (SSSR count). The number of carbonyl (C=O) groups is 3. The van der Waals surface area contributed by atoms with Gasteiger partial charge in [-0.1, -0.05) is 19.3 Å². The summed E-state index contributed by atoms with van der Waals surface area (Å²) < 4.78 is 0. The molecule has 5 nitrogen and oxygen atoms in total. The van der Waals surface area contributed by atoms with Crippen molar-refractivity contribution < 1.29 is 14.4 Å². The fraction of sp³-hybridized carbons (Fsp3) is 0.786. The van der Waals surface area contributed by atoms with E-state index in [0.29, 0.717) is 19.4 Å². The van der Waals surface area contributed by atoms with Crippen molar-refractivity contribution in [3.05, 3.63) is 0 Å². The van der Waals surface area contributed by atoms with E-state index in [1.807, 2.05) is 23.5 Å². The minimum Gasteiger partial charge on any atom is -0.277 e. The summed E-state index contributed by atoms with van der Waals surface area (Å²) in [6.45, 7) is 0.428. The van der Waals surface area contributed by atoms with Crippen LogP contribution in [0.15, 0.2) is 0 Å². The van der Waals surface area contributed by atoms with Crippen LogP contribution in [0.2, 0.25) is 0 Å². The van der Waals surface area contributed by atoms with Gasteiger partial charge in [0.2, 0.25) is 11.8 Å². The first-order valence-electron chi connectivity index (χ1n) is 7.50. The van der Waals surface area contributed by atoms with Gasteiger partial charge in [0.1, 0.15) is 5.41 Å². The molecule has 3 fully saturated rings. The summed E-state index contributed by atoms with van der Waals surface area (Å²) in [7, 11) is 0. The maximum absolute atomic E-state index is 12.8. The van der Waals surface area contributed by atoms with Crippen LogP contribution in [0.1, 0.15) is 32.1 Å². The first-order valence-corrected chi connectivity index (χ1v) is 9.70. The number of rotatable bonds is 2. The molecule has 3 aliphatic rings. The standard InChI is InChI=1S/C14H20N2O3S2/c17-11-14(4-2-1-3-5-14)12(18)16(13(19)15-11)8-10-9-20-6-7-21-10/h10H,1-9H2,(H,15,17,19). The van der Waals surface area contributed by atoms with E-state index in [9.17, 15) is 14.4 Å². The maximum atomic E-state index is 12.8. The van der Waals surface area contributed by atoms with Gasteiger partial charge < -0.3 is 0 Å². The number of nitrogens with one attached hydrogen (secondary N) is 1. The molecule has 0 radical (unpaired) electrons. The summed E-state index contributed by atoms with van der Waals surface area (Å²) >= 11 is 3.68. The van der Waals surface area contributed by atoms with Crippen LogP contribution < -0.4 is 5.32 Å². The molecule has 1 N–H and O–H groups in total. The topological polar surface area (TPSA) is 66.5 Å².